The highest BCUT2D eigenvalue weighted by Crippen LogP contribution is 2.26. The summed E-state index contributed by atoms with van der Waals surface area (Å²) in [6.45, 7) is 5.97. The topological polar surface area (TPSA) is 45.5 Å². The van der Waals surface area contributed by atoms with Crippen molar-refractivity contribution in [2.75, 3.05) is 26.2 Å². The van der Waals surface area contributed by atoms with Crippen LogP contribution in [0.4, 0.5) is 0 Å². The van der Waals surface area contributed by atoms with Gasteiger partial charge in [-0.1, -0.05) is 6.07 Å². The molecule has 7 heteroatoms. The average molecular weight is 459 g/mol. The Balaban J connectivity index is 0.00000208. The third-order valence-corrected chi connectivity index (χ3v) is 5.15. The summed E-state index contributed by atoms with van der Waals surface area (Å²) in [6.07, 6.45) is 6.32. The smallest absolute Gasteiger partial charge is 0.193 e. The van der Waals surface area contributed by atoms with Crippen LogP contribution in [0.25, 0.3) is 0 Å². The molecule has 0 aromatic carbocycles. The van der Waals surface area contributed by atoms with Crippen molar-refractivity contribution in [2.24, 2.45) is 12.0 Å². The lowest BCUT2D eigenvalue weighted by molar-refractivity contribution is 0.486. The van der Waals surface area contributed by atoms with Crippen LogP contribution in [-0.4, -0.2) is 46.8 Å². The first kappa shape index (κ1) is 19.2. The lowest BCUT2D eigenvalue weighted by Crippen LogP contribution is -2.40. The van der Waals surface area contributed by atoms with Crippen molar-refractivity contribution in [2.45, 2.75) is 25.7 Å². The first-order chi connectivity index (χ1) is 11.3. The van der Waals surface area contributed by atoms with Gasteiger partial charge in [0.25, 0.3) is 0 Å². The van der Waals surface area contributed by atoms with E-state index < -0.39 is 0 Å². The summed E-state index contributed by atoms with van der Waals surface area (Å²) in [5, 5.41) is 9.87. The molecular formula is C17H26IN5S. The van der Waals surface area contributed by atoms with E-state index in [4.69, 9.17) is 4.99 Å². The third kappa shape index (κ3) is 4.95. The Morgan fingerprint density at radius 3 is 3.04 bits per heavy atom. The van der Waals surface area contributed by atoms with Crippen molar-refractivity contribution in [1.29, 1.82) is 0 Å². The van der Waals surface area contributed by atoms with E-state index in [1.807, 2.05) is 29.3 Å². The van der Waals surface area contributed by atoms with Crippen molar-refractivity contribution in [3.8, 4) is 0 Å². The predicted molar refractivity (Wildman–Crippen MR) is 112 cm³/mol. The summed E-state index contributed by atoms with van der Waals surface area (Å²) in [6, 6.07) is 4.29. The highest BCUT2D eigenvalue weighted by atomic mass is 127. The molecule has 3 heterocycles. The van der Waals surface area contributed by atoms with Crippen LogP contribution in [0.3, 0.4) is 0 Å². The van der Waals surface area contributed by atoms with E-state index in [-0.39, 0.29) is 24.0 Å². The Morgan fingerprint density at radius 2 is 2.38 bits per heavy atom. The number of aryl methyl sites for hydroxylation is 1. The zero-order valence-electron chi connectivity index (χ0n) is 14.3. The number of aliphatic imine (C=N–C) groups is 1. The molecule has 0 aliphatic carbocycles. The molecule has 5 nitrogen and oxygen atoms in total. The minimum absolute atomic E-state index is 0. The molecule has 0 spiro atoms. The Hall–Kier alpha value is -1.09. The van der Waals surface area contributed by atoms with Gasteiger partial charge in [-0.05, 0) is 30.4 Å². The normalized spacial score (nSPS) is 17.8. The molecule has 1 aliphatic heterocycles. The van der Waals surface area contributed by atoms with Crippen LogP contribution < -0.4 is 5.32 Å². The van der Waals surface area contributed by atoms with Crippen LogP contribution >= 0.6 is 35.3 Å². The Labute approximate surface area is 165 Å². The highest BCUT2D eigenvalue weighted by molar-refractivity contribution is 14.0. The van der Waals surface area contributed by atoms with E-state index in [1.54, 1.807) is 0 Å². The van der Waals surface area contributed by atoms with E-state index in [9.17, 15) is 0 Å². The largest absolute Gasteiger partial charge is 0.357 e. The number of guanidine groups is 1. The molecule has 2 aromatic rings. The van der Waals surface area contributed by atoms with E-state index in [0.717, 1.165) is 38.6 Å². The van der Waals surface area contributed by atoms with Gasteiger partial charge in [-0.3, -0.25) is 9.67 Å². The maximum atomic E-state index is 4.82. The summed E-state index contributed by atoms with van der Waals surface area (Å²) in [7, 11) is 1.98. The molecule has 0 bridgehead atoms. The minimum atomic E-state index is 0. The molecule has 2 aromatic heterocycles. The summed E-state index contributed by atoms with van der Waals surface area (Å²) in [5.74, 6) is 1.61. The third-order valence-electron chi connectivity index (χ3n) is 4.22. The van der Waals surface area contributed by atoms with Gasteiger partial charge in [-0.15, -0.1) is 35.3 Å². The quantitative estimate of drug-likeness (QED) is 0.425. The monoisotopic (exact) mass is 459 g/mol. The van der Waals surface area contributed by atoms with E-state index in [2.05, 4.69) is 45.9 Å². The molecule has 0 radical (unpaired) electrons. The van der Waals surface area contributed by atoms with Crippen LogP contribution in [0.2, 0.25) is 0 Å². The second kappa shape index (κ2) is 9.41. The van der Waals surface area contributed by atoms with Crippen molar-refractivity contribution in [3.05, 3.63) is 40.3 Å². The van der Waals surface area contributed by atoms with Crippen LogP contribution in [0.1, 0.15) is 29.7 Å². The van der Waals surface area contributed by atoms with Gasteiger partial charge < -0.3 is 10.2 Å². The van der Waals surface area contributed by atoms with Gasteiger partial charge in [0.15, 0.2) is 5.96 Å². The van der Waals surface area contributed by atoms with Crippen LogP contribution in [-0.2, 0) is 13.5 Å². The standard InChI is InChI=1S/C17H25N5S.HI/c1-3-18-17(19-8-6-16-5-4-10-23-16)22-9-7-14(13-22)15-11-20-21(2)12-15;/h4-5,10-12,14H,3,6-9,13H2,1-2H3,(H,18,19);1H. The second-order valence-electron chi connectivity index (χ2n) is 5.94. The molecular weight excluding hydrogens is 433 g/mol. The zero-order valence-corrected chi connectivity index (χ0v) is 17.5. The molecule has 24 heavy (non-hydrogen) atoms. The maximum Gasteiger partial charge on any atom is 0.193 e. The van der Waals surface area contributed by atoms with Crippen molar-refractivity contribution >= 4 is 41.3 Å². The average Bonchev–Trinajstić information content (AvgIpc) is 3.27. The lowest BCUT2D eigenvalue weighted by Gasteiger charge is -2.21. The molecule has 0 saturated carbocycles. The summed E-state index contributed by atoms with van der Waals surface area (Å²) < 4.78 is 1.89. The maximum absolute atomic E-state index is 4.82. The molecule has 1 atom stereocenters. The van der Waals surface area contributed by atoms with Crippen LogP contribution in [0, 0.1) is 0 Å². The predicted octanol–water partition coefficient (Wildman–Crippen LogP) is 3.10. The Bertz CT molecular complexity index is 637. The molecule has 1 fully saturated rings. The van der Waals surface area contributed by atoms with Gasteiger partial charge >= 0.3 is 0 Å². The number of nitrogens with one attached hydrogen (secondary N) is 1. The van der Waals surface area contributed by atoms with Crippen LogP contribution in [0.15, 0.2) is 34.9 Å². The number of hydrogen-bond acceptors (Lipinski definition) is 3. The number of rotatable bonds is 5. The Morgan fingerprint density at radius 1 is 1.50 bits per heavy atom. The van der Waals surface area contributed by atoms with E-state index >= 15 is 0 Å². The summed E-state index contributed by atoms with van der Waals surface area (Å²) in [5.41, 5.74) is 1.34. The van der Waals surface area contributed by atoms with Crippen LogP contribution in [0.5, 0.6) is 0 Å². The van der Waals surface area contributed by atoms with Gasteiger partial charge in [0.2, 0.25) is 0 Å². The lowest BCUT2D eigenvalue weighted by atomic mass is 10.0. The molecule has 1 unspecified atom stereocenters. The molecule has 1 N–H and O–H groups in total. The fraction of sp³-hybridized carbons (Fsp3) is 0.529. The SMILES string of the molecule is CCNC(=NCCc1cccs1)N1CCC(c2cnn(C)c2)C1.I. The van der Waals surface area contributed by atoms with Gasteiger partial charge in [-0.25, -0.2) is 0 Å². The molecule has 1 saturated heterocycles. The fourth-order valence-corrected chi connectivity index (χ4v) is 3.73. The van der Waals surface area contributed by atoms with Gasteiger partial charge in [0, 0.05) is 56.6 Å². The number of halogens is 1. The molecule has 132 valence electrons. The summed E-state index contributed by atoms with van der Waals surface area (Å²) in [4.78, 5) is 8.61. The summed E-state index contributed by atoms with van der Waals surface area (Å²) >= 11 is 1.81. The van der Waals surface area contributed by atoms with Crippen molar-refractivity contribution in [3.63, 3.8) is 0 Å². The second-order valence-corrected chi connectivity index (χ2v) is 6.98. The molecule has 3 rings (SSSR count). The number of likely N-dealkylation sites (tertiary alicyclic amines) is 1. The number of aromatic nitrogens is 2. The zero-order chi connectivity index (χ0) is 16.1. The number of nitrogens with zero attached hydrogens (tertiary/aromatic N) is 4. The van der Waals surface area contributed by atoms with Crippen molar-refractivity contribution < 1.29 is 0 Å². The fourth-order valence-electron chi connectivity index (χ4n) is 3.03. The first-order valence-electron chi connectivity index (χ1n) is 8.30. The van der Waals surface area contributed by atoms with E-state index in [0.29, 0.717) is 5.92 Å². The number of thiophene rings is 1. The highest BCUT2D eigenvalue weighted by Gasteiger charge is 2.26. The van der Waals surface area contributed by atoms with Gasteiger partial charge in [0.1, 0.15) is 0 Å². The molecule has 1 aliphatic rings. The number of hydrogen-bond donors (Lipinski definition) is 1. The van der Waals surface area contributed by atoms with Gasteiger partial charge in [0.05, 0.1) is 6.20 Å². The van der Waals surface area contributed by atoms with Crippen molar-refractivity contribution in [1.82, 2.24) is 20.0 Å². The minimum Gasteiger partial charge on any atom is -0.357 e. The Kier molecular flexibility index (Phi) is 7.54. The van der Waals surface area contributed by atoms with Gasteiger partial charge in [-0.2, -0.15) is 5.10 Å². The van der Waals surface area contributed by atoms with E-state index in [1.165, 1.54) is 16.9 Å². The first-order valence-corrected chi connectivity index (χ1v) is 9.18. The molecule has 0 amide bonds.